The molecule has 26 heavy (non-hydrogen) atoms. The molecule has 3 rings (SSSR count). The van der Waals surface area contributed by atoms with Crippen LogP contribution in [-0.2, 0) is 11.4 Å². The first-order chi connectivity index (χ1) is 12.6. The highest BCUT2D eigenvalue weighted by atomic mass is 32.2. The molecule has 1 aliphatic rings. The Balaban J connectivity index is 1.62. The first-order valence-corrected chi connectivity index (χ1v) is 8.57. The van der Waals surface area contributed by atoms with Crippen molar-refractivity contribution < 1.29 is 13.9 Å². The van der Waals surface area contributed by atoms with Crippen LogP contribution in [0, 0.1) is 17.1 Å². The Morgan fingerprint density at radius 1 is 1.35 bits per heavy atom. The van der Waals surface area contributed by atoms with Gasteiger partial charge in [0, 0.05) is 5.56 Å². The fourth-order valence-corrected chi connectivity index (χ4v) is 2.74. The molecule has 1 fully saturated rings. The molecule has 0 unspecified atom stereocenters. The second-order valence-corrected chi connectivity index (χ2v) is 6.23. The number of nitriles is 1. The highest BCUT2D eigenvalue weighted by molar-refractivity contribution is 8.15. The van der Waals surface area contributed by atoms with Gasteiger partial charge in [-0.15, -0.1) is 5.10 Å². The molecule has 0 aliphatic carbocycles. The van der Waals surface area contributed by atoms with Gasteiger partial charge in [0.05, 0.1) is 23.6 Å². The predicted octanol–water partition coefficient (Wildman–Crippen LogP) is 2.83. The summed E-state index contributed by atoms with van der Waals surface area (Å²) in [6, 6.07) is 13.2. The minimum absolute atomic E-state index is 0.0448. The van der Waals surface area contributed by atoms with E-state index in [1.807, 2.05) is 12.1 Å². The number of halogens is 1. The first kappa shape index (κ1) is 17.6. The largest absolute Gasteiger partial charge is 0.489 e. The van der Waals surface area contributed by atoms with Gasteiger partial charge in [0.1, 0.15) is 18.2 Å². The lowest BCUT2D eigenvalue weighted by molar-refractivity contribution is -0.116. The molecule has 0 bridgehead atoms. The molecule has 2 aromatic rings. The number of carbonyl (C=O) groups excluding carboxylic acids is 1. The van der Waals surface area contributed by atoms with E-state index >= 15 is 0 Å². The highest BCUT2D eigenvalue weighted by Gasteiger charge is 2.15. The molecule has 0 atom stereocenters. The van der Waals surface area contributed by atoms with Gasteiger partial charge in [-0.1, -0.05) is 30.0 Å². The Labute approximate surface area is 153 Å². The minimum Gasteiger partial charge on any atom is -0.489 e. The van der Waals surface area contributed by atoms with Gasteiger partial charge in [-0.25, -0.2) is 4.39 Å². The molecular formula is C18H13FN4O2S. The van der Waals surface area contributed by atoms with Crippen molar-refractivity contribution in [3.63, 3.8) is 0 Å². The maximum atomic E-state index is 13.9. The summed E-state index contributed by atoms with van der Waals surface area (Å²) in [5.41, 5.74) is 1.38. The number of carbonyl (C=O) groups is 1. The lowest BCUT2D eigenvalue weighted by atomic mass is 10.1. The Bertz CT molecular complexity index is 937. The summed E-state index contributed by atoms with van der Waals surface area (Å²) in [4.78, 5) is 11.1. The number of nitrogens with one attached hydrogen (secondary N) is 1. The maximum Gasteiger partial charge on any atom is 0.236 e. The smallest absolute Gasteiger partial charge is 0.236 e. The van der Waals surface area contributed by atoms with Crippen molar-refractivity contribution in [3.8, 4) is 11.8 Å². The average molecular weight is 368 g/mol. The van der Waals surface area contributed by atoms with Gasteiger partial charge in [0.15, 0.2) is 5.17 Å². The van der Waals surface area contributed by atoms with E-state index in [-0.39, 0.29) is 18.1 Å². The van der Waals surface area contributed by atoms with Crippen molar-refractivity contribution in [3.05, 3.63) is 65.0 Å². The van der Waals surface area contributed by atoms with Crippen molar-refractivity contribution in [2.24, 2.45) is 10.2 Å². The second-order valence-electron chi connectivity index (χ2n) is 5.27. The number of rotatable bonds is 5. The van der Waals surface area contributed by atoms with Crippen LogP contribution in [0.1, 0.15) is 16.7 Å². The number of nitrogens with zero attached hydrogens (tertiary/aromatic N) is 3. The van der Waals surface area contributed by atoms with Crippen LogP contribution in [-0.4, -0.2) is 23.0 Å². The van der Waals surface area contributed by atoms with Crippen LogP contribution < -0.4 is 10.1 Å². The molecule has 2 aromatic carbocycles. The van der Waals surface area contributed by atoms with E-state index in [0.29, 0.717) is 22.2 Å². The van der Waals surface area contributed by atoms with E-state index in [0.717, 1.165) is 5.56 Å². The molecule has 0 aromatic heterocycles. The average Bonchev–Trinajstić information content (AvgIpc) is 3.06. The van der Waals surface area contributed by atoms with Gasteiger partial charge in [-0.3, -0.25) is 4.79 Å². The second kappa shape index (κ2) is 8.27. The molecule has 1 N–H and O–H groups in total. The van der Waals surface area contributed by atoms with Crippen molar-refractivity contribution in [1.29, 1.82) is 5.26 Å². The number of benzene rings is 2. The molecule has 1 heterocycles. The number of hydrogen-bond acceptors (Lipinski definition) is 6. The van der Waals surface area contributed by atoms with E-state index in [2.05, 4.69) is 15.5 Å². The van der Waals surface area contributed by atoms with Crippen molar-refractivity contribution in [1.82, 2.24) is 5.32 Å². The van der Waals surface area contributed by atoms with E-state index < -0.39 is 5.82 Å². The minimum atomic E-state index is -0.478. The van der Waals surface area contributed by atoms with Crippen LogP contribution in [0.2, 0.25) is 0 Å². The third-order valence-corrected chi connectivity index (χ3v) is 4.24. The highest BCUT2D eigenvalue weighted by Crippen LogP contribution is 2.17. The van der Waals surface area contributed by atoms with E-state index in [4.69, 9.17) is 10.00 Å². The quantitative estimate of drug-likeness (QED) is 0.649. The zero-order chi connectivity index (χ0) is 18.4. The monoisotopic (exact) mass is 368 g/mol. The molecule has 1 amide bonds. The molecular weight excluding hydrogens is 355 g/mol. The summed E-state index contributed by atoms with van der Waals surface area (Å²) in [6.45, 7) is 0.0448. The van der Waals surface area contributed by atoms with Crippen LogP contribution >= 0.6 is 11.8 Å². The Morgan fingerprint density at radius 2 is 2.23 bits per heavy atom. The van der Waals surface area contributed by atoms with E-state index in [1.165, 1.54) is 30.1 Å². The van der Waals surface area contributed by atoms with Crippen molar-refractivity contribution in [2.45, 2.75) is 6.61 Å². The molecule has 0 saturated carbocycles. The third kappa shape index (κ3) is 4.68. The molecule has 130 valence electrons. The number of amidine groups is 1. The van der Waals surface area contributed by atoms with Crippen LogP contribution in [0.15, 0.2) is 52.7 Å². The van der Waals surface area contributed by atoms with Gasteiger partial charge >= 0.3 is 0 Å². The molecule has 0 spiro atoms. The summed E-state index contributed by atoms with van der Waals surface area (Å²) in [6.07, 6.45) is 1.53. The maximum absolute atomic E-state index is 13.9. The Hall–Kier alpha value is -3.18. The normalized spacial score (nSPS) is 15.2. The van der Waals surface area contributed by atoms with Crippen LogP contribution in [0.25, 0.3) is 0 Å². The van der Waals surface area contributed by atoms with E-state index in [1.54, 1.807) is 24.3 Å². The number of ether oxygens (including phenoxy) is 1. The van der Waals surface area contributed by atoms with Gasteiger partial charge in [-0.2, -0.15) is 10.4 Å². The zero-order valence-corrected chi connectivity index (χ0v) is 14.3. The van der Waals surface area contributed by atoms with Crippen molar-refractivity contribution >= 4 is 29.1 Å². The van der Waals surface area contributed by atoms with Crippen LogP contribution in [0.4, 0.5) is 4.39 Å². The van der Waals surface area contributed by atoms with Gasteiger partial charge < -0.3 is 10.1 Å². The predicted molar refractivity (Wildman–Crippen MR) is 97.5 cm³/mol. The summed E-state index contributed by atoms with van der Waals surface area (Å²) in [7, 11) is 0. The van der Waals surface area contributed by atoms with Gasteiger partial charge in [0.2, 0.25) is 5.91 Å². The lowest BCUT2D eigenvalue weighted by Crippen LogP contribution is -2.19. The molecule has 1 aliphatic heterocycles. The molecule has 0 radical (unpaired) electrons. The topological polar surface area (TPSA) is 86.8 Å². The SMILES string of the molecule is N#Cc1ccc(COc2cccc(C=NN=C3NC(=O)CS3)c2)c(F)c1. The van der Waals surface area contributed by atoms with E-state index in [9.17, 15) is 9.18 Å². The summed E-state index contributed by atoms with van der Waals surface area (Å²) < 4.78 is 19.5. The summed E-state index contributed by atoms with van der Waals surface area (Å²) in [5.74, 6) is 0.334. The molecule has 8 heteroatoms. The first-order valence-electron chi connectivity index (χ1n) is 7.59. The number of thioether (sulfide) groups is 1. The Kier molecular flexibility index (Phi) is 5.61. The van der Waals surface area contributed by atoms with Gasteiger partial charge in [-0.05, 0) is 29.8 Å². The number of amides is 1. The zero-order valence-electron chi connectivity index (χ0n) is 13.5. The van der Waals surface area contributed by atoms with Crippen LogP contribution in [0.5, 0.6) is 5.75 Å². The van der Waals surface area contributed by atoms with Crippen LogP contribution in [0.3, 0.4) is 0 Å². The van der Waals surface area contributed by atoms with Crippen molar-refractivity contribution in [2.75, 3.05) is 5.75 Å². The standard InChI is InChI=1S/C18H13FN4O2S/c19-16-7-12(8-20)4-5-14(16)10-25-15-3-1-2-13(6-15)9-21-23-18-22-17(24)11-26-18/h1-7,9H,10-11H2,(H,22,23,24). The fraction of sp³-hybridized carbons (Fsp3) is 0.111. The molecule has 6 nitrogen and oxygen atoms in total. The number of hydrogen-bond donors (Lipinski definition) is 1. The summed E-state index contributed by atoms with van der Waals surface area (Å²) in [5, 5.41) is 19.7. The summed E-state index contributed by atoms with van der Waals surface area (Å²) >= 11 is 1.29. The van der Waals surface area contributed by atoms with Gasteiger partial charge in [0.25, 0.3) is 0 Å². The third-order valence-electron chi connectivity index (χ3n) is 3.38. The fourth-order valence-electron chi connectivity index (χ4n) is 2.11. The molecule has 1 saturated heterocycles. The Morgan fingerprint density at radius 3 is 2.96 bits per heavy atom. The lowest BCUT2D eigenvalue weighted by Gasteiger charge is -2.08.